The summed E-state index contributed by atoms with van der Waals surface area (Å²) in [6.45, 7) is -0.464. The van der Waals surface area contributed by atoms with E-state index in [0.717, 1.165) is 11.3 Å². The monoisotopic (exact) mass is 314 g/mol. The Hall–Kier alpha value is -1.77. The van der Waals surface area contributed by atoms with Crippen LogP contribution in [0.15, 0.2) is 46.0 Å². The molecule has 8 heteroatoms. The minimum Gasteiger partial charge on any atom is -0.322 e. The Morgan fingerprint density at radius 2 is 1.95 bits per heavy atom. The van der Waals surface area contributed by atoms with E-state index in [1.807, 2.05) is 0 Å². The topological polar surface area (TPSA) is 75.3 Å². The average molecular weight is 314 g/mol. The van der Waals surface area contributed by atoms with Crippen LogP contribution in [0.25, 0.3) is 0 Å². The Kier molecular flexibility index (Phi) is 4.48. The SMILES string of the molecule is O=C(CNS(=O)(=O)c1cccs1)Nc1ccccc1F. The highest BCUT2D eigenvalue weighted by Gasteiger charge is 2.16. The van der Waals surface area contributed by atoms with Crippen molar-refractivity contribution in [2.45, 2.75) is 4.21 Å². The largest absolute Gasteiger partial charge is 0.322 e. The molecule has 1 aromatic heterocycles. The highest BCUT2D eigenvalue weighted by molar-refractivity contribution is 7.91. The quantitative estimate of drug-likeness (QED) is 0.884. The number of hydrogen-bond acceptors (Lipinski definition) is 4. The predicted octanol–water partition coefficient (Wildman–Crippen LogP) is 1.80. The van der Waals surface area contributed by atoms with Gasteiger partial charge in [0.1, 0.15) is 10.0 Å². The van der Waals surface area contributed by atoms with Crippen LogP contribution in [0, 0.1) is 5.82 Å². The summed E-state index contributed by atoms with van der Waals surface area (Å²) in [6.07, 6.45) is 0. The summed E-state index contributed by atoms with van der Waals surface area (Å²) >= 11 is 1.05. The molecule has 106 valence electrons. The first-order valence-corrected chi connectivity index (χ1v) is 7.93. The van der Waals surface area contributed by atoms with Crippen molar-refractivity contribution in [1.29, 1.82) is 0 Å². The van der Waals surface area contributed by atoms with Crippen LogP contribution in [0.1, 0.15) is 0 Å². The third kappa shape index (κ3) is 3.62. The van der Waals surface area contributed by atoms with Crippen molar-refractivity contribution in [2.75, 3.05) is 11.9 Å². The van der Waals surface area contributed by atoms with E-state index in [2.05, 4.69) is 10.0 Å². The van der Waals surface area contributed by atoms with Crippen LogP contribution >= 0.6 is 11.3 Å². The molecule has 5 nitrogen and oxygen atoms in total. The van der Waals surface area contributed by atoms with Crippen molar-refractivity contribution < 1.29 is 17.6 Å². The van der Waals surface area contributed by atoms with E-state index in [9.17, 15) is 17.6 Å². The van der Waals surface area contributed by atoms with Gasteiger partial charge in [-0.2, -0.15) is 0 Å². The molecular weight excluding hydrogens is 303 g/mol. The van der Waals surface area contributed by atoms with Gasteiger partial charge >= 0.3 is 0 Å². The molecule has 0 fully saturated rings. The number of benzene rings is 1. The van der Waals surface area contributed by atoms with Crippen molar-refractivity contribution in [3.63, 3.8) is 0 Å². The highest BCUT2D eigenvalue weighted by atomic mass is 32.2. The molecule has 0 saturated carbocycles. The summed E-state index contributed by atoms with van der Waals surface area (Å²) in [5.41, 5.74) is 0.00724. The zero-order chi connectivity index (χ0) is 14.6. The van der Waals surface area contributed by atoms with E-state index in [-0.39, 0.29) is 9.90 Å². The first-order valence-electron chi connectivity index (χ1n) is 5.56. The van der Waals surface area contributed by atoms with Gasteiger partial charge < -0.3 is 5.32 Å². The van der Waals surface area contributed by atoms with Gasteiger partial charge in [-0.05, 0) is 23.6 Å². The molecule has 0 aliphatic carbocycles. The molecule has 0 aliphatic rings. The number of anilines is 1. The van der Waals surface area contributed by atoms with Crippen LogP contribution in [0.5, 0.6) is 0 Å². The second kappa shape index (κ2) is 6.12. The van der Waals surface area contributed by atoms with Crippen molar-refractivity contribution in [1.82, 2.24) is 4.72 Å². The average Bonchev–Trinajstić information content (AvgIpc) is 2.94. The van der Waals surface area contributed by atoms with Crippen LogP contribution in [0.2, 0.25) is 0 Å². The lowest BCUT2D eigenvalue weighted by Gasteiger charge is -2.07. The second-order valence-electron chi connectivity index (χ2n) is 3.78. The third-order valence-corrected chi connectivity index (χ3v) is 5.13. The lowest BCUT2D eigenvalue weighted by Crippen LogP contribution is -2.32. The molecule has 1 aromatic carbocycles. The van der Waals surface area contributed by atoms with Gasteiger partial charge in [-0.1, -0.05) is 18.2 Å². The van der Waals surface area contributed by atoms with Crippen molar-refractivity contribution in [3.05, 3.63) is 47.6 Å². The van der Waals surface area contributed by atoms with Crippen LogP contribution in [-0.2, 0) is 14.8 Å². The first kappa shape index (κ1) is 14.6. The summed E-state index contributed by atoms with van der Waals surface area (Å²) in [7, 11) is -3.70. The van der Waals surface area contributed by atoms with Crippen LogP contribution in [-0.4, -0.2) is 20.9 Å². The van der Waals surface area contributed by atoms with E-state index in [1.165, 1.54) is 24.3 Å². The minimum atomic E-state index is -3.70. The molecule has 0 aliphatic heterocycles. The fourth-order valence-corrected chi connectivity index (χ4v) is 3.42. The number of amides is 1. The summed E-state index contributed by atoms with van der Waals surface area (Å²) in [5, 5.41) is 3.91. The molecule has 0 radical (unpaired) electrons. The molecule has 1 amide bonds. The second-order valence-corrected chi connectivity index (χ2v) is 6.73. The molecule has 0 atom stereocenters. The highest BCUT2D eigenvalue weighted by Crippen LogP contribution is 2.15. The lowest BCUT2D eigenvalue weighted by molar-refractivity contribution is -0.115. The number of para-hydroxylation sites is 1. The first-order chi connectivity index (χ1) is 9.49. The van der Waals surface area contributed by atoms with Crippen LogP contribution in [0.4, 0.5) is 10.1 Å². The van der Waals surface area contributed by atoms with Gasteiger partial charge in [0.05, 0.1) is 12.2 Å². The number of halogens is 1. The number of thiophene rings is 1. The van der Waals surface area contributed by atoms with Crippen molar-refractivity contribution in [2.24, 2.45) is 0 Å². The Bertz CT molecular complexity index is 699. The van der Waals surface area contributed by atoms with Gasteiger partial charge in [0.15, 0.2) is 0 Å². The number of carbonyl (C=O) groups is 1. The Morgan fingerprint density at radius 1 is 1.20 bits per heavy atom. The lowest BCUT2D eigenvalue weighted by atomic mass is 10.3. The maximum atomic E-state index is 13.3. The molecule has 2 N–H and O–H groups in total. The van der Waals surface area contributed by atoms with E-state index in [4.69, 9.17) is 0 Å². The number of rotatable bonds is 5. The van der Waals surface area contributed by atoms with Gasteiger partial charge in [0, 0.05) is 0 Å². The summed E-state index contributed by atoms with van der Waals surface area (Å²) in [6, 6.07) is 8.67. The van der Waals surface area contributed by atoms with Gasteiger partial charge in [0.25, 0.3) is 10.0 Å². The van der Waals surface area contributed by atoms with Gasteiger partial charge in [-0.15, -0.1) is 11.3 Å². The Labute approximate surface area is 119 Å². The molecule has 2 aromatic rings. The summed E-state index contributed by atoms with van der Waals surface area (Å²) in [4.78, 5) is 11.6. The number of sulfonamides is 1. The molecule has 0 saturated heterocycles. The molecule has 1 heterocycles. The third-order valence-electron chi connectivity index (χ3n) is 2.33. The van der Waals surface area contributed by atoms with Crippen LogP contribution in [0.3, 0.4) is 0 Å². The maximum Gasteiger partial charge on any atom is 0.250 e. The Balaban J connectivity index is 1.95. The van der Waals surface area contributed by atoms with E-state index in [0.29, 0.717) is 0 Å². The van der Waals surface area contributed by atoms with E-state index < -0.39 is 28.3 Å². The van der Waals surface area contributed by atoms with Crippen molar-refractivity contribution >= 4 is 33.0 Å². The molecule has 20 heavy (non-hydrogen) atoms. The zero-order valence-electron chi connectivity index (χ0n) is 10.2. The zero-order valence-corrected chi connectivity index (χ0v) is 11.8. The fourth-order valence-electron chi connectivity index (χ4n) is 1.41. The molecule has 0 unspecified atom stereocenters. The maximum absolute atomic E-state index is 13.3. The molecule has 0 spiro atoms. The minimum absolute atomic E-state index is 0.00724. The Morgan fingerprint density at radius 3 is 2.60 bits per heavy atom. The molecule has 0 bridgehead atoms. The smallest absolute Gasteiger partial charge is 0.250 e. The number of carbonyl (C=O) groups excluding carboxylic acids is 1. The fraction of sp³-hybridized carbons (Fsp3) is 0.0833. The summed E-state index contributed by atoms with van der Waals surface area (Å²) < 4.78 is 39.1. The number of hydrogen-bond donors (Lipinski definition) is 2. The summed E-state index contributed by atoms with van der Waals surface area (Å²) in [5.74, 6) is -1.22. The predicted molar refractivity (Wildman–Crippen MR) is 74.5 cm³/mol. The van der Waals surface area contributed by atoms with Gasteiger partial charge in [0.2, 0.25) is 5.91 Å². The van der Waals surface area contributed by atoms with Crippen molar-refractivity contribution in [3.8, 4) is 0 Å². The van der Waals surface area contributed by atoms with E-state index >= 15 is 0 Å². The number of nitrogens with one attached hydrogen (secondary N) is 2. The standard InChI is InChI=1S/C12H11FN2O3S2/c13-9-4-1-2-5-10(9)15-11(16)8-14-20(17,18)12-6-3-7-19-12/h1-7,14H,8H2,(H,15,16). The van der Waals surface area contributed by atoms with E-state index in [1.54, 1.807) is 17.5 Å². The van der Waals surface area contributed by atoms with Gasteiger partial charge in [-0.3, -0.25) is 4.79 Å². The normalized spacial score (nSPS) is 11.2. The van der Waals surface area contributed by atoms with Crippen LogP contribution < -0.4 is 10.0 Å². The van der Waals surface area contributed by atoms with Gasteiger partial charge in [-0.25, -0.2) is 17.5 Å². The molecular formula is C12H11FN2O3S2. The molecule has 2 rings (SSSR count).